The number of hydrogen-bond donors (Lipinski definition) is 0. The molecule has 0 aliphatic carbocycles. The van der Waals surface area contributed by atoms with Crippen LogP contribution < -0.4 is 9.47 Å². The van der Waals surface area contributed by atoms with E-state index in [9.17, 15) is 4.79 Å². The van der Waals surface area contributed by atoms with Crippen molar-refractivity contribution >= 4 is 17.2 Å². The van der Waals surface area contributed by atoms with Crippen molar-refractivity contribution in [3.8, 4) is 22.8 Å². The molecule has 0 bridgehead atoms. The van der Waals surface area contributed by atoms with E-state index < -0.39 is 0 Å². The molecule has 0 saturated heterocycles. The van der Waals surface area contributed by atoms with Crippen LogP contribution in [0, 0.1) is 0 Å². The van der Waals surface area contributed by atoms with Crippen LogP contribution in [0.25, 0.3) is 22.2 Å². The van der Waals surface area contributed by atoms with E-state index in [0.29, 0.717) is 0 Å². The molecule has 2 heterocycles. The summed E-state index contributed by atoms with van der Waals surface area (Å²) in [5.41, 5.74) is 5.10. The highest BCUT2D eigenvalue weighted by Gasteiger charge is 2.28. The summed E-state index contributed by atoms with van der Waals surface area (Å²) in [6, 6.07) is 12.3. The molecule has 0 radical (unpaired) electrons. The van der Waals surface area contributed by atoms with Crippen molar-refractivity contribution in [3.05, 3.63) is 47.5 Å². The number of aromatic nitrogens is 1. The third-order valence-electron chi connectivity index (χ3n) is 4.89. The van der Waals surface area contributed by atoms with Crippen molar-refractivity contribution in [3.63, 3.8) is 0 Å². The molecule has 0 spiro atoms. The van der Waals surface area contributed by atoms with Crippen LogP contribution in [0.2, 0.25) is 0 Å². The van der Waals surface area contributed by atoms with E-state index >= 15 is 0 Å². The first-order valence-electron chi connectivity index (χ1n) is 8.02. The van der Waals surface area contributed by atoms with Crippen molar-refractivity contribution < 1.29 is 14.3 Å². The van der Waals surface area contributed by atoms with Crippen molar-refractivity contribution in [2.45, 2.75) is 19.4 Å². The van der Waals surface area contributed by atoms with Crippen LogP contribution in [0.3, 0.4) is 0 Å². The highest BCUT2D eigenvalue weighted by Crippen LogP contribution is 2.43. The summed E-state index contributed by atoms with van der Waals surface area (Å²) in [6.07, 6.45) is 1.87. The van der Waals surface area contributed by atoms with E-state index in [4.69, 9.17) is 9.47 Å². The van der Waals surface area contributed by atoms with Gasteiger partial charge in [-0.3, -0.25) is 4.79 Å². The van der Waals surface area contributed by atoms with Gasteiger partial charge in [-0.15, -0.1) is 0 Å². The van der Waals surface area contributed by atoms with Crippen LogP contribution in [0.15, 0.2) is 36.4 Å². The van der Waals surface area contributed by atoms with Gasteiger partial charge in [0.2, 0.25) is 0 Å². The molecule has 0 N–H and O–H groups in total. The number of carbonyl (C=O) groups excluding carboxylic acids is 1. The zero-order valence-corrected chi connectivity index (χ0v) is 14.0. The fourth-order valence-corrected chi connectivity index (χ4v) is 3.80. The quantitative estimate of drug-likeness (QED) is 0.677. The lowest BCUT2D eigenvalue weighted by atomic mass is 9.92. The second-order valence-corrected chi connectivity index (χ2v) is 6.21. The van der Waals surface area contributed by atoms with Gasteiger partial charge >= 0.3 is 0 Å². The maximum Gasteiger partial charge on any atom is 0.152 e. The van der Waals surface area contributed by atoms with E-state index in [0.717, 1.165) is 51.9 Å². The number of benzene rings is 2. The van der Waals surface area contributed by atoms with Crippen molar-refractivity contribution in [2.75, 3.05) is 14.2 Å². The number of ether oxygens (including phenoxy) is 2. The largest absolute Gasteiger partial charge is 0.497 e. The smallest absolute Gasteiger partial charge is 0.152 e. The third-order valence-corrected chi connectivity index (χ3v) is 4.89. The lowest BCUT2D eigenvalue weighted by molar-refractivity contribution is 0.112. The molecular weight excluding hydrogens is 302 g/mol. The number of hydrogen-bond acceptors (Lipinski definition) is 3. The minimum absolute atomic E-state index is 0.268. The topological polar surface area (TPSA) is 40.5 Å². The molecular formula is C20H19NO3. The Labute approximate surface area is 140 Å². The Morgan fingerprint density at radius 2 is 1.79 bits per heavy atom. The van der Waals surface area contributed by atoms with Gasteiger partial charge in [0.25, 0.3) is 0 Å². The monoisotopic (exact) mass is 321 g/mol. The summed E-state index contributed by atoms with van der Waals surface area (Å²) in [7, 11) is 3.32. The lowest BCUT2D eigenvalue weighted by Crippen LogP contribution is -2.16. The predicted molar refractivity (Wildman–Crippen MR) is 94.3 cm³/mol. The van der Waals surface area contributed by atoms with E-state index in [1.165, 1.54) is 5.56 Å². The standard InChI is InChI=1S/C20H19NO3/c1-12-8-13-9-14(23-2)4-6-16(13)20-18(11-22)17-10-15(24-3)5-7-19(17)21(12)20/h4-7,9-12H,8H2,1-3H3. The van der Waals surface area contributed by atoms with Gasteiger partial charge in [-0.05, 0) is 55.3 Å². The number of methoxy groups -OCH3 is 2. The molecule has 0 fully saturated rings. The zero-order valence-electron chi connectivity index (χ0n) is 14.0. The molecule has 4 rings (SSSR count). The summed E-state index contributed by atoms with van der Waals surface area (Å²) in [5, 5.41) is 0.940. The Bertz CT molecular complexity index is 955. The van der Waals surface area contributed by atoms with Gasteiger partial charge in [-0.1, -0.05) is 0 Å². The summed E-state index contributed by atoms with van der Waals surface area (Å²) in [6.45, 7) is 2.18. The maximum absolute atomic E-state index is 11.9. The van der Waals surface area contributed by atoms with Crippen LogP contribution >= 0.6 is 0 Å². The molecule has 3 aromatic rings. The Hall–Kier alpha value is -2.75. The fraction of sp³-hybridized carbons (Fsp3) is 0.250. The molecule has 0 amide bonds. The summed E-state index contributed by atoms with van der Waals surface area (Å²) in [4.78, 5) is 11.9. The molecule has 1 atom stereocenters. The first kappa shape index (κ1) is 14.8. The molecule has 4 nitrogen and oxygen atoms in total. The second-order valence-electron chi connectivity index (χ2n) is 6.21. The van der Waals surface area contributed by atoms with Crippen LogP contribution in [-0.4, -0.2) is 25.1 Å². The fourth-order valence-electron chi connectivity index (χ4n) is 3.80. The molecule has 2 aromatic carbocycles. The molecule has 1 aromatic heterocycles. The number of nitrogens with zero attached hydrogens (tertiary/aromatic N) is 1. The highest BCUT2D eigenvalue weighted by molar-refractivity contribution is 6.06. The molecule has 24 heavy (non-hydrogen) atoms. The van der Waals surface area contributed by atoms with E-state index in [1.54, 1.807) is 14.2 Å². The van der Waals surface area contributed by atoms with E-state index in [-0.39, 0.29) is 6.04 Å². The Balaban J connectivity index is 2.08. The van der Waals surface area contributed by atoms with Crippen LogP contribution in [0.1, 0.15) is 28.9 Å². The van der Waals surface area contributed by atoms with Gasteiger partial charge in [0.1, 0.15) is 11.5 Å². The Kier molecular flexibility index (Phi) is 3.34. The molecule has 1 aliphatic heterocycles. The Morgan fingerprint density at radius 3 is 2.50 bits per heavy atom. The SMILES string of the molecule is COc1ccc2c(c1)CC(C)n1c-2c(C=O)c2cc(OC)ccc21. The normalized spacial score (nSPS) is 15.7. The van der Waals surface area contributed by atoms with Crippen molar-refractivity contribution in [1.29, 1.82) is 0 Å². The summed E-state index contributed by atoms with van der Waals surface area (Å²) < 4.78 is 13.0. The van der Waals surface area contributed by atoms with Crippen LogP contribution in [0.5, 0.6) is 11.5 Å². The second kappa shape index (κ2) is 5.41. The number of rotatable bonds is 3. The molecule has 1 aliphatic rings. The lowest BCUT2D eigenvalue weighted by Gasteiger charge is -2.27. The molecule has 122 valence electrons. The van der Waals surface area contributed by atoms with Gasteiger partial charge in [0.05, 0.1) is 19.9 Å². The minimum atomic E-state index is 0.268. The maximum atomic E-state index is 11.9. The zero-order chi connectivity index (χ0) is 16.8. The van der Waals surface area contributed by atoms with Gasteiger partial charge in [-0.25, -0.2) is 0 Å². The molecule has 0 saturated carbocycles. The van der Waals surface area contributed by atoms with Gasteiger partial charge in [0, 0.05) is 28.1 Å². The van der Waals surface area contributed by atoms with Crippen LogP contribution in [0.4, 0.5) is 0 Å². The Morgan fingerprint density at radius 1 is 1.08 bits per heavy atom. The van der Waals surface area contributed by atoms with Gasteiger partial charge in [0.15, 0.2) is 6.29 Å². The first-order chi connectivity index (χ1) is 11.7. The molecule has 1 unspecified atom stereocenters. The predicted octanol–water partition coefficient (Wildman–Crippen LogP) is 4.26. The van der Waals surface area contributed by atoms with Crippen molar-refractivity contribution in [2.24, 2.45) is 0 Å². The average Bonchev–Trinajstić information content (AvgIpc) is 2.95. The highest BCUT2D eigenvalue weighted by atomic mass is 16.5. The first-order valence-corrected chi connectivity index (χ1v) is 8.02. The number of aldehydes is 1. The third kappa shape index (κ3) is 1.96. The summed E-state index contributed by atoms with van der Waals surface area (Å²) in [5.74, 6) is 1.61. The van der Waals surface area contributed by atoms with Gasteiger partial charge in [-0.2, -0.15) is 0 Å². The number of carbonyl (C=O) groups is 1. The van der Waals surface area contributed by atoms with E-state index in [1.807, 2.05) is 24.3 Å². The molecule has 4 heteroatoms. The van der Waals surface area contributed by atoms with Crippen LogP contribution in [-0.2, 0) is 6.42 Å². The summed E-state index contributed by atoms with van der Waals surface area (Å²) >= 11 is 0. The average molecular weight is 321 g/mol. The van der Waals surface area contributed by atoms with Crippen molar-refractivity contribution in [1.82, 2.24) is 4.57 Å². The minimum Gasteiger partial charge on any atom is -0.497 e. The van der Waals surface area contributed by atoms with Gasteiger partial charge < -0.3 is 14.0 Å². The number of fused-ring (bicyclic) bond motifs is 5. The van der Waals surface area contributed by atoms with E-state index in [2.05, 4.69) is 23.6 Å².